The molecule has 0 saturated heterocycles. The second-order valence-corrected chi connectivity index (χ2v) is 3.70. The van der Waals surface area contributed by atoms with Gasteiger partial charge in [-0.25, -0.2) is 4.39 Å². The van der Waals surface area contributed by atoms with Crippen molar-refractivity contribution in [2.75, 3.05) is 6.54 Å². The van der Waals surface area contributed by atoms with Gasteiger partial charge in [-0.15, -0.1) is 0 Å². The summed E-state index contributed by atoms with van der Waals surface area (Å²) in [7, 11) is 0. The Hall–Kier alpha value is -1.42. The van der Waals surface area contributed by atoms with Crippen LogP contribution in [-0.4, -0.2) is 17.6 Å². The van der Waals surface area contributed by atoms with Gasteiger partial charge in [-0.1, -0.05) is 19.1 Å². The minimum absolute atomic E-state index is 0.263. The summed E-state index contributed by atoms with van der Waals surface area (Å²) < 4.78 is 12.6. The molecule has 2 N–H and O–H groups in total. The third-order valence-corrected chi connectivity index (χ3v) is 2.48. The summed E-state index contributed by atoms with van der Waals surface area (Å²) in [5.74, 6) is -1.41. The van der Waals surface area contributed by atoms with E-state index in [2.05, 4.69) is 5.32 Å². The lowest BCUT2D eigenvalue weighted by Crippen LogP contribution is -2.27. The van der Waals surface area contributed by atoms with Gasteiger partial charge in [0.25, 0.3) is 0 Å². The van der Waals surface area contributed by atoms with Gasteiger partial charge in [0, 0.05) is 13.1 Å². The number of hydrogen-bond acceptors (Lipinski definition) is 2. The van der Waals surface area contributed by atoms with Crippen LogP contribution in [0.3, 0.4) is 0 Å². The van der Waals surface area contributed by atoms with Crippen molar-refractivity contribution in [2.24, 2.45) is 5.92 Å². The highest BCUT2D eigenvalue weighted by Gasteiger charge is 2.13. The standard InChI is InChI=1S/C12H16FNO2/c1-2-10(12(15)16)8-14-7-9-3-5-11(13)6-4-9/h3-6,10,14H,2,7-8H2,1H3,(H,15,16). The Bertz CT molecular complexity index is 337. The Kier molecular flexibility index (Phi) is 4.92. The first-order chi connectivity index (χ1) is 7.63. The molecule has 16 heavy (non-hydrogen) atoms. The van der Waals surface area contributed by atoms with Crippen molar-refractivity contribution in [1.29, 1.82) is 0 Å². The topological polar surface area (TPSA) is 49.3 Å². The molecule has 0 bridgehead atoms. The average molecular weight is 225 g/mol. The molecule has 4 heteroatoms. The Morgan fingerprint density at radius 3 is 2.56 bits per heavy atom. The van der Waals surface area contributed by atoms with Gasteiger partial charge in [0.15, 0.2) is 0 Å². The zero-order chi connectivity index (χ0) is 12.0. The number of carboxylic acids is 1. The van der Waals surface area contributed by atoms with Crippen molar-refractivity contribution in [3.05, 3.63) is 35.6 Å². The zero-order valence-corrected chi connectivity index (χ0v) is 9.24. The molecule has 3 nitrogen and oxygen atoms in total. The van der Waals surface area contributed by atoms with Crippen LogP contribution in [0, 0.1) is 11.7 Å². The van der Waals surface area contributed by atoms with E-state index in [4.69, 9.17) is 5.11 Å². The molecular formula is C12H16FNO2. The van der Waals surface area contributed by atoms with E-state index in [-0.39, 0.29) is 11.7 Å². The van der Waals surface area contributed by atoms with Gasteiger partial charge in [0.05, 0.1) is 5.92 Å². The van der Waals surface area contributed by atoms with Crippen molar-refractivity contribution in [1.82, 2.24) is 5.32 Å². The molecular weight excluding hydrogens is 209 g/mol. The molecule has 1 aromatic rings. The van der Waals surface area contributed by atoms with E-state index in [0.717, 1.165) is 5.56 Å². The summed E-state index contributed by atoms with van der Waals surface area (Å²) in [6.07, 6.45) is 0.603. The van der Waals surface area contributed by atoms with Gasteiger partial charge in [-0.05, 0) is 24.1 Å². The Morgan fingerprint density at radius 1 is 1.44 bits per heavy atom. The number of nitrogens with one attached hydrogen (secondary N) is 1. The van der Waals surface area contributed by atoms with Crippen LogP contribution in [0.5, 0.6) is 0 Å². The van der Waals surface area contributed by atoms with E-state index in [1.165, 1.54) is 12.1 Å². The molecule has 1 aromatic carbocycles. The minimum Gasteiger partial charge on any atom is -0.481 e. The molecule has 0 saturated carbocycles. The van der Waals surface area contributed by atoms with Gasteiger partial charge >= 0.3 is 5.97 Å². The smallest absolute Gasteiger partial charge is 0.307 e. The van der Waals surface area contributed by atoms with Crippen LogP contribution in [0.1, 0.15) is 18.9 Å². The molecule has 1 rings (SSSR count). The number of benzene rings is 1. The second kappa shape index (κ2) is 6.23. The number of carboxylic acid groups (broad SMARTS) is 1. The van der Waals surface area contributed by atoms with E-state index in [1.54, 1.807) is 12.1 Å². The van der Waals surface area contributed by atoms with Crippen molar-refractivity contribution in [2.45, 2.75) is 19.9 Å². The first-order valence-electron chi connectivity index (χ1n) is 5.31. The first-order valence-corrected chi connectivity index (χ1v) is 5.31. The van der Waals surface area contributed by atoms with E-state index >= 15 is 0 Å². The lowest BCUT2D eigenvalue weighted by atomic mass is 10.1. The van der Waals surface area contributed by atoms with Gasteiger partial charge in [0.2, 0.25) is 0 Å². The molecule has 88 valence electrons. The summed E-state index contributed by atoms with van der Waals surface area (Å²) in [6.45, 7) is 2.84. The molecule has 0 aliphatic carbocycles. The SMILES string of the molecule is CCC(CNCc1ccc(F)cc1)C(=O)O. The highest BCUT2D eigenvalue weighted by Crippen LogP contribution is 2.04. The lowest BCUT2D eigenvalue weighted by Gasteiger charge is -2.10. The van der Waals surface area contributed by atoms with Gasteiger partial charge in [-0.3, -0.25) is 4.79 Å². The number of carbonyl (C=O) groups is 1. The van der Waals surface area contributed by atoms with E-state index in [1.807, 2.05) is 6.92 Å². The molecule has 0 aromatic heterocycles. The van der Waals surface area contributed by atoms with Crippen molar-refractivity contribution < 1.29 is 14.3 Å². The normalized spacial score (nSPS) is 12.4. The lowest BCUT2D eigenvalue weighted by molar-refractivity contribution is -0.141. The number of halogens is 1. The fourth-order valence-electron chi connectivity index (χ4n) is 1.40. The fourth-order valence-corrected chi connectivity index (χ4v) is 1.40. The predicted molar refractivity (Wildman–Crippen MR) is 59.5 cm³/mol. The molecule has 0 aliphatic heterocycles. The molecule has 1 unspecified atom stereocenters. The van der Waals surface area contributed by atoms with Crippen molar-refractivity contribution >= 4 is 5.97 Å². The fraction of sp³-hybridized carbons (Fsp3) is 0.417. The summed E-state index contributed by atoms with van der Waals surface area (Å²) >= 11 is 0. The number of hydrogen-bond donors (Lipinski definition) is 2. The number of rotatable bonds is 6. The molecule has 0 aliphatic rings. The molecule has 0 amide bonds. The maximum Gasteiger partial charge on any atom is 0.307 e. The van der Waals surface area contributed by atoms with Crippen LogP contribution in [0.4, 0.5) is 4.39 Å². The quantitative estimate of drug-likeness (QED) is 0.778. The van der Waals surface area contributed by atoms with E-state index in [0.29, 0.717) is 19.5 Å². The summed E-state index contributed by atoms with van der Waals surface area (Å²) in [4.78, 5) is 10.7. The van der Waals surface area contributed by atoms with Gasteiger partial charge in [0.1, 0.15) is 5.82 Å². The van der Waals surface area contributed by atoms with Crippen molar-refractivity contribution in [3.63, 3.8) is 0 Å². The van der Waals surface area contributed by atoms with E-state index < -0.39 is 5.97 Å². The summed E-state index contributed by atoms with van der Waals surface area (Å²) in [5.41, 5.74) is 0.946. The zero-order valence-electron chi connectivity index (χ0n) is 9.24. The van der Waals surface area contributed by atoms with Crippen LogP contribution < -0.4 is 5.32 Å². The summed E-state index contributed by atoms with van der Waals surface area (Å²) in [6, 6.07) is 6.16. The largest absolute Gasteiger partial charge is 0.481 e. The third kappa shape index (κ3) is 3.98. The Balaban J connectivity index is 2.35. The monoisotopic (exact) mass is 225 g/mol. The van der Waals surface area contributed by atoms with Crippen LogP contribution in [0.15, 0.2) is 24.3 Å². The Labute approximate surface area is 94.3 Å². The average Bonchev–Trinajstić information content (AvgIpc) is 2.26. The van der Waals surface area contributed by atoms with Crippen LogP contribution >= 0.6 is 0 Å². The molecule has 0 fully saturated rings. The van der Waals surface area contributed by atoms with Gasteiger partial charge < -0.3 is 10.4 Å². The molecule has 0 radical (unpaired) electrons. The second-order valence-electron chi connectivity index (χ2n) is 3.70. The summed E-state index contributed by atoms with van der Waals surface area (Å²) in [5, 5.41) is 11.9. The predicted octanol–water partition coefficient (Wildman–Crippen LogP) is 2.03. The maximum atomic E-state index is 12.6. The highest BCUT2D eigenvalue weighted by molar-refractivity contribution is 5.70. The first kappa shape index (κ1) is 12.6. The van der Waals surface area contributed by atoms with Crippen molar-refractivity contribution in [3.8, 4) is 0 Å². The molecule has 1 atom stereocenters. The highest BCUT2D eigenvalue weighted by atomic mass is 19.1. The van der Waals surface area contributed by atoms with E-state index in [9.17, 15) is 9.18 Å². The number of aliphatic carboxylic acids is 1. The third-order valence-electron chi connectivity index (χ3n) is 2.48. The van der Waals surface area contributed by atoms with Crippen LogP contribution in [0.2, 0.25) is 0 Å². The van der Waals surface area contributed by atoms with Crippen LogP contribution in [-0.2, 0) is 11.3 Å². The van der Waals surface area contributed by atoms with Crippen LogP contribution in [0.25, 0.3) is 0 Å². The molecule has 0 spiro atoms. The molecule has 0 heterocycles. The minimum atomic E-state index is -0.783. The Morgan fingerprint density at radius 2 is 2.06 bits per heavy atom. The van der Waals surface area contributed by atoms with Gasteiger partial charge in [-0.2, -0.15) is 0 Å². The maximum absolute atomic E-state index is 12.6.